The highest BCUT2D eigenvalue weighted by molar-refractivity contribution is 5.86. The van der Waals surface area contributed by atoms with Crippen LogP contribution in [0, 0.1) is 0 Å². The van der Waals surface area contributed by atoms with Crippen LogP contribution in [0.5, 0.6) is 0 Å². The number of rotatable bonds is 4. The van der Waals surface area contributed by atoms with E-state index in [-0.39, 0.29) is 11.9 Å². The molecule has 0 spiro atoms. The maximum Gasteiger partial charge on any atom is 0.237 e. The van der Waals surface area contributed by atoms with Crippen molar-refractivity contribution in [3.8, 4) is 0 Å². The van der Waals surface area contributed by atoms with Crippen molar-refractivity contribution in [1.29, 1.82) is 0 Å². The number of para-hydroxylation sites is 1. The van der Waals surface area contributed by atoms with Crippen molar-refractivity contribution in [3.05, 3.63) is 36.0 Å². The number of hydrogen-bond acceptors (Lipinski definition) is 3. The van der Waals surface area contributed by atoms with Gasteiger partial charge in [-0.05, 0) is 51.0 Å². The van der Waals surface area contributed by atoms with E-state index < -0.39 is 6.04 Å². The maximum atomic E-state index is 12.3. The molecule has 0 bridgehead atoms. The fraction of sp³-hybridized carbons (Fsp3) is 0.471. The van der Waals surface area contributed by atoms with E-state index in [1.165, 1.54) is 0 Å². The molecule has 1 amide bonds. The number of H-pyrrole nitrogens is 1. The zero-order valence-corrected chi connectivity index (χ0v) is 13.0. The van der Waals surface area contributed by atoms with Crippen molar-refractivity contribution in [2.24, 2.45) is 5.73 Å². The number of aromatic nitrogens is 1. The number of nitrogens with zero attached hydrogens (tertiary/aromatic N) is 1. The van der Waals surface area contributed by atoms with Crippen LogP contribution in [0.3, 0.4) is 0 Å². The summed E-state index contributed by atoms with van der Waals surface area (Å²) < 4.78 is 0. The van der Waals surface area contributed by atoms with Gasteiger partial charge in [-0.25, -0.2) is 0 Å². The van der Waals surface area contributed by atoms with Crippen molar-refractivity contribution in [2.45, 2.75) is 31.3 Å². The molecule has 2 heterocycles. The van der Waals surface area contributed by atoms with Crippen LogP contribution < -0.4 is 11.1 Å². The highest BCUT2D eigenvalue weighted by Crippen LogP contribution is 2.19. The summed E-state index contributed by atoms with van der Waals surface area (Å²) in [6, 6.07) is 7.85. The van der Waals surface area contributed by atoms with Crippen molar-refractivity contribution >= 4 is 16.8 Å². The zero-order valence-electron chi connectivity index (χ0n) is 13.0. The van der Waals surface area contributed by atoms with E-state index in [0.717, 1.165) is 42.4 Å². The molecule has 1 atom stereocenters. The van der Waals surface area contributed by atoms with Gasteiger partial charge in [0.25, 0.3) is 0 Å². The quantitative estimate of drug-likeness (QED) is 0.795. The standard InChI is InChI=1S/C17H24N4O/c1-21-8-6-13(7-9-21)20-17(22)15(18)10-12-11-19-16-5-3-2-4-14(12)16/h2-5,11,13,15,19H,6-10,18H2,1H3,(H,20,22)/t15-/m0/s1. The molecule has 1 saturated heterocycles. The van der Waals surface area contributed by atoms with Gasteiger partial charge < -0.3 is 20.9 Å². The number of amides is 1. The largest absolute Gasteiger partial charge is 0.361 e. The van der Waals surface area contributed by atoms with Crippen LogP contribution in [0.25, 0.3) is 10.9 Å². The number of carbonyl (C=O) groups is 1. The number of likely N-dealkylation sites (tertiary alicyclic amines) is 1. The molecule has 3 rings (SSSR count). The highest BCUT2D eigenvalue weighted by atomic mass is 16.2. The summed E-state index contributed by atoms with van der Waals surface area (Å²) in [5.74, 6) is -0.0418. The Bertz CT molecular complexity index is 643. The van der Waals surface area contributed by atoms with Crippen molar-refractivity contribution in [3.63, 3.8) is 0 Å². The van der Waals surface area contributed by atoms with Gasteiger partial charge in [0.1, 0.15) is 0 Å². The van der Waals surface area contributed by atoms with Crippen LogP contribution in [-0.2, 0) is 11.2 Å². The minimum Gasteiger partial charge on any atom is -0.361 e. The molecule has 2 aromatic rings. The Kier molecular flexibility index (Phi) is 4.45. The Morgan fingerprint density at radius 2 is 2.14 bits per heavy atom. The number of piperidine rings is 1. The van der Waals surface area contributed by atoms with E-state index in [1.807, 2.05) is 24.4 Å². The Balaban J connectivity index is 1.59. The second kappa shape index (κ2) is 6.50. The molecule has 0 radical (unpaired) electrons. The molecule has 5 heteroatoms. The number of nitrogens with one attached hydrogen (secondary N) is 2. The minimum atomic E-state index is -0.501. The molecule has 0 saturated carbocycles. The Labute approximate surface area is 130 Å². The van der Waals surface area contributed by atoms with Crippen molar-refractivity contribution in [2.75, 3.05) is 20.1 Å². The van der Waals surface area contributed by atoms with Gasteiger partial charge in [0.2, 0.25) is 5.91 Å². The van der Waals surface area contributed by atoms with E-state index in [9.17, 15) is 4.79 Å². The molecule has 0 aliphatic carbocycles. The number of fused-ring (bicyclic) bond motifs is 1. The summed E-state index contributed by atoms with van der Waals surface area (Å²) >= 11 is 0. The summed E-state index contributed by atoms with van der Waals surface area (Å²) in [7, 11) is 2.11. The van der Waals surface area contributed by atoms with Gasteiger partial charge in [0.05, 0.1) is 6.04 Å². The van der Waals surface area contributed by atoms with Gasteiger partial charge in [-0.2, -0.15) is 0 Å². The van der Waals surface area contributed by atoms with Gasteiger partial charge in [0, 0.05) is 23.1 Å². The Morgan fingerprint density at radius 3 is 2.91 bits per heavy atom. The lowest BCUT2D eigenvalue weighted by Gasteiger charge is -2.30. The minimum absolute atomic E-state index is 0.0418. The molecule has 1 aliphatic rings. The fourth-order valence-corrected chi connectivity index (χ4v) is 3.09. The molecule has 0 unspecified atom stereocenters. The van der Waals surface area contributed by atoms with E-state index in [0.29, 0.717) is 6.42 Å². The van der Waals surface area contributed by atoms with E-state index in [2.05, 4.69) is 28.3 Å². The molecular formula is C17H24N4O. The van der Waals surface area contributed by atoms with Gasteiger partial charge in [-0.1, -0.05) is 18.2 Å². The monoisotopic (exact) mass is 300 g/mol. The molecule has 118 valence electrons. The highest BCUT2D eigenvalue weighted by Gasteiger charge is 2.22. The summed E-state index contributed by atoms with van der Waals surface area (Å²) in [4.78, 5) is 17.8. The number of hydrogen-bond donors (Lipinski definition) is 3. The first-order valence-electron chi connectivity index (χ1n) is 7.93. The molecule has 1 aliphatic heterocycles. The topological polar surface area (TPSA) is 74.2 Å². The van der Waals surface area contributed by atoms with Crippen LogP contribution in [-0.4, -0.2) is 48.0 Å². The maximum absolute atomic E-state index is 12.3. The predicted octanol–water partition coefficient (Wildman–Crippen LogP) is 1.25. The summed E-state index contributed by atoms with van der Waals surface area (Å²) in [6.07, 6.45) is 4.51. The molecule has 1 fully saturated rings. The lowest BCUT2D eigenvalue weighted by molar-refractivity contribution is -0.123. The fourth-order valence-electron chi connectivity index (χ4n) is 3.09. The van der Waals surface area contributed by atoms with Gasteiger partial charge in [0.15, 0.2) is 0 Å². The lowest BCUT2D eigenvalue weighted by atomic mass is 10.0. The lowest BCUT2D eigenvalue weighted by Crippen LogP contribution is -2.49. The van der Waals surface area contributed by atoms with Crippen LogP contribution >= 0.6 is 0 Å². The second-order valence-corrected chi connectivity index (χ2v) is 6.26. The first kappa shape index (κ1) is 15.1. The van der Waals surface area contributed by atoms with Gasteiger partial charge >= 0.3 is 0 Å². The number of carbonyl (C=O) groups excluding carboxylic acids is 1. The second-order valence-electron chi connectivity index (χ2n) is 6.26. The van der Waals surface area contributed by atoms with Crippen molar-refractivity contribution in [1.82, 2.24) is 15.2 Å². The normalized spacial score (nSPS) is 18.5. The van der Waals surface area contributed by atoms with Crippen LogP contribution in [0.4, 0.5) is 0 Å². The predicted molar refractivity (Wildman–Crippen MR) is 88.6 cm³/mol. The van der Waals surface area contributed by atoms with Crippen LogP contribution in [0.15, 0.2) is 30.5 Å². The first-order valence-corrected chi connectivity index (χ1v) is 7.93. The Hall–Kier alpha value is -1.85. The Morgan fingerprint density at radius 1 is 1.41 bits per heavy atom. The smallest absolute Gasteiger partial charge is 0.237 e. The third kappa shape index (κ3) is 3.31. The number of nitrogens with two attached hydrogens (primary N) is 1. The zero-order chi connectivity index (χ0) is 15.5. The summed E-state index contributed by atoms with van der Waals surface area (Å²) in [5.41, 5.74) is 8.29. The molecule has 1 aromatic heterocycles. The summed E-state index contributed by atoms with van der Waals surface area (Å²) in [6.45, 7) is 2.06. The average molecular weight is 300 g/mol. The van der Waals surface area contributed by atoms with Gasteiger partial charge in [-0.3, -0.25) is 4.79 Å². The van der Waals surface area contributed by atoms with Crippen LogP contribution in [0.1, 0.15) is 18.4 Å². The first-order chi connectivity index (χ1) is 10.6. The third-order valence-corrected chi connectivity index (χ3v) is 4.52. The van der Waals surface area contributed by atoms with Crippen molar-refractivity contribution < 1.29 is 4.79 Å². The molecular weight excluding hydrogens is 276 g/mol. The molecule has 4 N–H and O–H groups in total. The SMILES string of the molecule is CN1CCC(NC(=O)[C@@H](N)Cc2c[nH]c3ccccc23)CC1. The molecule has 22 heavy (non-hydrogen) atoms. The van der Waals surface area contributed by atoms with E-state index in [1.54, 1.807) is 0 Å². The number of aromatic amines is 1. The van der Waals surface area contributed by atoms with E-state index >= 15 is 0 Å². The third-order valence-electron chi connectivity index (χ3n) is 4.52. The van der Waals surface area contributed by atoms with Crippen LogP contribution in [0.2, 0.25) is 0 Å². The van der Waals surface area contributed by atoms with E-state index in [4.69, 9.17) is 5.73 Å². The van der Waals surface area contributed by atoms with Gasteiger partial charge in [-0.15, -0.1) is 0 Å². The average Bonchev–Trinajstić information content (AvgIpc) is 2.93. The molecule has 1 aromatic carbocycles. The number of benzene rings is 1. The summed E-state index contributed by atoms with van der Waals surface area (Å²) in [5, 5.41) is 4.24. The molecule has 5 nitrogen and oxygen atoms in total.